The van der Waals surface area contributed by atoms with Gasteiger partial charge in [0.25, 0.3) is 0 Å². The quantitative estimate of drug-likeness (QED) is 0.729. The van der Waals surface area contributed by atoms with E-state index in [-0.39, 0.29) is 0 Å². The minimum absolute atomic E-state index is 0.448. The van der Waals surface area contributed by atoms with Crippen LogP contribution in [0.1, 0.15) is 19.4 Å². The molecule has 0 N–H and O–H groups in total. The van der Waals surface area contributed by atoms with Gasteiger partial charge in [-0.1, -0.05) is 6.07 Å². The molecule has 0 saturated heterocycles. The first-order valence-electron chi connectivity index (χ1n) is 6.00. The summed E-state index contributed by atoms with van der Waals surface area (Å²) in [7, 11) is 4.18. The molecule has 3 nitrogen and oxygen atoms in total. The predicted octanol–water partition coefficient (Wildman–Crippen LogP) is 2.60. The van der Waals surface area contributed by atoms with Crippen LogP contribution < -0.4 is 4.90 Å². The van der Waals surface area contributed by atoms with Gasteiger partial charge in [-0.25, -0.2) is 4.98 Å². The number of rotatable bonds is 6. The van der Waals surface area contributed by atoms with Crippen molar-refractivity contribution in [2.45, 2.75) is 25.8 Å². The van der Waals surface area contributed by atoms with Crippen LogP contribution in [0, 0.1) is 0 Å². The van der Waals surface area contributed by atoms with Gasteiger partial charge in [-0.2, -0.15) is 0 Å². The summed E-state index contributed by atoms with van der Waals surface area (Å²) in [6.45, 7) is 6.36. The number of alkyl halides is 1. The summed E-state index contributed by atoms with van der Waals surface area (Å²) in [5.41, 5.74) is 1.06. The molecule has 1 atom stereocenters. The van der Waals surface area contributed by atoms with Crippen molar-refractivity contribution in [2.24, 2.45) is 0 Å². The van der Waals surface area contributed by atoms with Gasteiger partial charge in [-0.05, 0) is 39.6 Å². The van der Waals surface area contributed by atoms with E-state index in [0.717, 1.165) is 24.5 Å². The summed E-state index contributed by atoms with van der Waals surface area (Å²) >= 11 is 5.76. The molecule has 1 heterocycles. The van der Waals surface area contributed by atoms with Gasteiger partial charge in [0.1, 0.15) is 5.82 Å². The molecule has 0 aliphatic carbocycles. The van der Waals surface area contributed by atoms with Gasteiger partial charge in [-0.15, -0.1) is 11.6 Å². The first-order chi connectivity index (χ1) is 8.08. The number of aromatic nitrogens is 1. The lowest BCUT2D eigenvalue weighted by Gasteiger charge is -2.31. The van der Waals surface area contributed by atoms with Crippen molar-refractivity contribution < 1.29 is 0 Å². The van der Waals surface area contributed by atoms with Crippen molar-refractivity contribution in [3.63, 3.8) is 0 Å². The van der Waals surface area contributed by atoms with E-state index in [9.17, 15) is 0 Å². The molecule has 0 fully saturated rings. The zero-order valence-electron chi connectivity index (χ0n) is 11.2. The van der Waals surface area contributed by atoms with Crippen molar-refractivity contribution in [1.29, 1.82) is 0 Å². The van der Waals surface area contributed by atoms with E-state index >= 15 is 0 Å². The lowest BCUT2D eigenvalue weighted by atomic mass is 10.2. The van der Waals surface area contributed by atoms with E-state index in [0.29, 0.717) is 11.9 Å². The zero-order chi connectivity index (χ0) is 12.8. The Morgan fingerprint density at radius 2 is 2.06 bits per heavy atom. The molecule has 0 radical (unpaired) electrons. The maximum absolute atomic E-state index is 5.76. The maximum Gasteiger partial charge on any atom is 0.128 e. The van der Waals surface area contributed by atoms with E-state index in [2.05, 4.69) is 42.7 Å². The third-order valence-electron chi connectivity index (χ3n) is 2.76. The Morgan fingerprint density at radius 1 is 1.35 bits per heavy atom. The number of anilines is 1. The van der Waals surface area contributed by atoms with Crippen LogP contribution in [0.25, 0.3) is 0 Å². The Kier molecular flexibility index (Phi) is 5.72. The minimum atomic E-state index is 0.448. The molecule has 1 unspecified atom stereocenters. The molecule has 0 saturated carbocycles. The van der Waals surface area contributed by atoms with Crippen LogP contribution in [-0.2, 0) is 5.88 Å². The molecule has 0 bridgehead atoms. The molecular formula is C13H22ClN3. The van der Waals surface area contributed by atoms with Gasteiger partial charge in [-0.3, -0.25) is 0 Å². The second-order valence-electron chi connectivity index (χ2n) is 4.56. The molecule has 1 rings (SSSR count). The highest BCUT2D eigenvalue weighted by Gasteiger charge is 2.14. The van der Waals surface area contributed by atoms with Crippen LogP contribution in [0.4, 0.5) is 5.82 Å². The summed E-state index contributed by atoms with van der Waals surface area (Å²) in [6, 6.07) is 4.54. The van der Waals surface area contributed by atoms with E-state index in [1.807, 2.05) is 18.3 Å². The summed E-state index contributed by atoms with van der Waals surface area (Å²) in [4.78, 5) is 8.97. The minimum Gasteiger partial charge on any atom is -0.353 e. The first-order valence-corrected chi connectivity index (χ1v) is 6.54. The predicted molar refractivity (Wildman–Crippen MR) is 74.8 cm³/mol. The second-order valence-corrected chi connectivity index (χ2v) is 4.82. The van der Waals surface area contributed by atoms with Crippen LogP contribution in [0.5, 0.6) is 0 Å². The van der Waals surface area contributed by atoms with Crippen molar-refractivity contribution in [1.82, 2.24) is 9.88 Å². The van der Waals surface area contributed by atoms with Gasteiger partial charge in [0, 0.05) is 31.2 Å². The molecule has 1 aromatic heterocycles. The molecule has 17 heavy (non-hydrogen) atoms. The lowest BCUT2D eigenvalue weighted by Crippen LogP contribution is -2.40. The highest BCUT2D eigenvalue weighted by molar-refractivity contribution is 6.17. The summed E-state index contributed by atoms with van der Waals surface area (Å²) in [5, 5.41) is 0. The van der Waals surface area contributed by atoms with Crippen molar-refractivity contribution in [3.8, 4) is 0 Å². The van der Waals surface area contributed by atoms with Crippen LogP contribution in [0.3, 0.4) is 0 Å². The number of halogens is 1. The fraction of sp³-hybridized carbons (Fsp3) is 0.615. The summed E-state index contributed by atoms with van der Waals surface area (Å²) in [6.07, 6.45) is 1.85. The second kappa shape index (κ2) is 6.82. The SMILES string of the molecule is CCN(c1ccc(CCl)cn1)C(C)CN(C)C. The molecular weight excluding hydrogens is 234 g/mol. The molecule has 0 aliphatic rings. The molecule has 1 aromatic rings. The van der Waals surface area contributed by atoms with Gasteiger partial charge < -0.3 is 9.80 Å². The van der Waals surface area contributed by atoms with E-state index in [1.165, 1.54) is 0 Å². The number of nitrogens with zero attached hydrogens (tertiary/aromatic N) is 3. The van der Waals surface area contributed by atoms with Crippen LogP contribution in [-0.4, -0.2) is 43.1 Å². The maximum atomic E-state index is 5.76. The third-order valence-corrected chi connectivity index (χ3v) is 3.07. The zero-order valence-corrected chi connectivity index (χ0v) is 11.9. The van der Waals surface area contributed by atoms with E-state index in [4.69, 9.17) is 11.6 Å². The monoisotopic (exact) mass is 255 g/mol. The molecule has 4 heteroatoms. The highest BCUT2D eigenvalue weighted by Crippen LogP contribution is 2.15. The van der Waals surface area contributed by atoms with Crippen molar-refractivity contribution in [2.75, 3.05) is 32.1 Å². The van der Waals surface area contributed by atoms with Crippen LogP contribution in [0.2, 0.25) is 0 Å². The molecule has 0 amide bonds. The van der Waals surface area contributed by atoms with E-state index in [1.54, 1.807) is 0 Å². The van der Waals surface area contributed by atoms with Crippen LogP contribution in [0.15, 0.2) is 18.3 Å². The largest absolute Gasteiger partial charge is 0.353 e. The topological polar surface area (TPSA) is 19.4 Å². The Labute approximate surface area is 109 Å². The highest BCUT2D eigenvalue weighted by atomic mass is 35.5. The van der Waals surface area contributed by atoms with Crippen LogP contribution >= 0.6 is 11.6 Å². The fourth-order valence-electron chi connectivity index (χ4n) is 1.99. The Hall–Kier alpha value is -0.800. The number of hydrogen-bond acceptors (Lipinski definition) is 3. The van der Waals surface area contributed by atoms with Gasteiger partial charge >= 0.3 is 0 Å². The number of likely N-dealkylation sites (N-methyl/N-ethyl adjacent to an activating group) is 2. The third kappa shape index (κ3) is 4.17. The normalized spacial score (nSPS) is 12.8. The Balaban J connectivity index is 2.77. The Morgan fingerprint density at radius 3 is 2.47 bits per heavy atom. The van der Waals surface area contributed by atoms with Gasteiger partial charge in [0.15, 0.2) is 0 Å². The van der Waals surface area contributed by atoms with Crippen molar-refractivity contribution in [3.05, 3.63) is 23.9 Å². The van der Waals surface area contributed by atoms with Crippen molar-refractivity contribution >= 4 is 17.4 Å². The molecule has 0 aliphatic heterocycles. The van der Waals surface area contributed by atoms with Gasteiger partial charge in [0.05, 0.1) is 0 Å². The fourth-order valence-corrected chi connectivity index (χ4v) is 2.15. The summed E-state index contributed by atoms with van der Waals surface area (Å²) in [5.74, 6) is 1.54. The molecule has 0 aromatic carbocycles. The van der Waals surface area contributed by atoms with Gasteiger partial charge in [0.2, 0.25) is 0 Å². The molecule has 96 valence electrons. The number of pyridine rings is 1. The first kappa shape index (κ1) is 14.3. The number of hydrogen-bond donors (Lipinski definition) is 0. The average Bonchev–Trinajstić information content (AvgIpc) is 2.30. The summed E-state index contributed by atoms with van der Waals surface area (Å²) < 4.78 is 0. The lowest BCUT2D eigenvalue weighted by molar-refractivity contribution is 0.372. The average molecular weight is 256 g/mol. The smallest absolute Gasteiger partial charge is 0.128 e. The molecule has 0 spiro atoms. The standard InChI is InChI=1S/C13H22ClN3/c1-5-17(11(2)10-16(3)4)13-7-6-12(8-14)9-15-13/h6-7,9,11H,5,8,10H2,1-4H3. The Bertz CT molecular complexity index is 324. The van der Waals surface area contributed by atoms with E-state index < -0.39 is 0 Å².